The average molecular weight is 432 g/mol. The van der Waals surface area contributed by atoms with Crippen molar-refractivity contribution in [3.05, 3.63) is 74.0 Å². The minimum absolute atomic E-state index is 0.0772. The summed E-state index contributed by atoms with van der Waals surface area (Å²) in [6, 6.07) is 11.1. The van der Waals surface area contributed by atoms with Crippen LogP contribution in [0.3, 0.4) is 0 Å². The van der Waals surface area contributed by atoms with Gasteiger partial charge >= 0.3 is 5.97 Å². The molecule has 0 radical (unpaired) electrons. The summed E-state index contributed by atoms with van der Waals surface area (Å²) in [5.74, 6) is -1.09. The molecule has 3 aromatic rings. The third-order valence-corrected chi connectivity index (χ3v) is 5.22. The van der Waals surface area contributed by atoms with Gasteiger partial charge in [0, 0.05) is 18.2 Å². The molecule has 0 aliphatic rings. The number of esters is 1. The Balaban J connectivity index is 1.99. The van der Waals surface area contributed by atoms with E-state index in [1.54, 1.807) is 18.2 Å². The molecule has 148 valence electrons. The van der Waals surface area contributed by atoms with Gasteiger partial charge in [-0.05, 0) is 23.8 Å². The molecule has 1 amide bonds. The highest BCUT2D eigenvalue weighted by molar-refractivity contribution is 7.16. The zero-order valence-corrected chi connectivity index (χ0v) is 16.6. The molecule has 1 heterocycles. The lowest BCUT2D eigenvalue weighted by Gasteiger charge is -2.04. The van der Waals surface area contributed by atoms with Gasteiger partial charge in [0.2, 0.25) is 0 Å². The number of nitro benzene ring substituents is 1. The van der Waals surface area contributed by atoms with E-state index in [0.717, 1.165) is 4.70 Å². The number of hydrogen-bond donors (Lipinski definition) is 0. The molecule has 0 aliphatic carbocycles. The molecule has 0 aliphatic heterocycles. The van der Waals surface area contributed by atoms with E-state index in [9.17, 15) is 19.7 Å². The number of methoxy groups -OCH3 is 1. The fourth-order valence-electron chi connectivity index (χ4n) is 2.55. The van der Waals surface area contributed by atoms with E-state index in [0.29, 0.717) is 16.1 Å². The second kappa shape index (κ2) is 8.80. The number of fused-ring (bicyclic) bond motifs is 1. The van der Waals surface area contributed by atoms with E-state index in [-0.39, 0.29) is 17.0 Å². The molecule has 29 heavy (non-hydrogen) atoms. The van der Waals surface area contributed by atoms with Crippen LogP contribution < -0.4 is 4.80 Å². The van der Waals surface area contributed by atoms with Gasteiger partial charge in [-0.2, -0.15) is 4.99 Å². The molecule has 0 saturated carbocycles. The van der Waals surface area contributed by atoms with Crippen molar-refractivity contribution in [1.29, 1.82) is 0 Å². The van der Waals surface area contributed by atoms with Gasteiger partial charge < -0.3 is 9.30 Å². The van der Waals surface area contributed by atoms with Crippen molar-refractivity contribution in [3.8, 4) is 0 Å². The molecule has 0 spiro atoms. The van der Waals surface area contributed by atoms with Crippen LogP contribution in [0.15, 0.2) is 53.5 Å². The highest BCUT2D eigenvalue weighted by Crippen LogP contribution is 2.25. The van der Waals surface area contributed by atoms with Crippen molar-refractivity contribution < 1.29 is 19.2 Å². The lowest BCUT2D eigenvalue weighted by molar-refractivity contribution is -0.384. The number of ether oxygens (including phenoxy) is 1. The zero-order valence-electron chi connectivity index (χ0n) is 15.1. The highest BCUT2D eigenvalue weighted by Gasteiger charge is 2.13. The number of aromatic nitrogens is 1. The molecule has 2 aromatic carbocycles. The first kappa shape index (κ1) is 20.4. The van der Waals surface area contributed by atoms with Crippen LogP contribution in [0.4, 0.5) is 5.69 Å². The SMILES string of the molecule is COC(=O)Cn1c(=NC(=O)C=Cc2cccc([N+](=O)[O-])c2)sc2cccc(Cl)c21. The van der Waals surface area contributed by atoms with Crippen molar-refractivity contribution in [2.45, 2.75) is 6.54 Å². The van der Waals surface area contributed by atoms with Crippen LogP contribution in [0.5, 0.6) is 0 Å². The summed E-state index contributed by atoms with van der Waals surface area (Å²) in [6.07, 6.45) is 2.64. The second-order valence-corrected chi connectivity index (χ2v) is 7.19. The Labute approximate surface area is 173 Å². The van der Waals surface area contributed by atoms with E-state index >= 15 is 0 Å². The predicted octanol–water partition coefficient (Wildman–Crippen LogP) is 3.58. The molecule has 0 unspecified atom stereocenters. The van der Waals surface area contributed by atoms with E-state index < -0.39 is 16.8 Å². The number of non-ortho nitro benzene ring substituents is 1. The normalized spacial score (nSPS) is 11.9. The van der Waals surface area contributed by atoms with Gasteiger partial charge in [-0.1, -0.05) is 41.1 Å². The number of hydrogen-bond acceptors (Lipinski definition) is 6. The van der Waals surface area contributed by atoms with Gasteiger partial charge in [-0.3, -0.25) is 19.7 Å². The highest BCUT2D eigenvalue weighted by atomic mass is 35.5. The molecule has 0 bridgehead atoms. The summed E-state index contributed by atoms with van der Waals surface area (Å²) in [7, 11) is 1.27. The fraction of sp³-hybridized carbons (Fsp3) is 0.105. The van der Waals surface area contributed by atoms with E-state index in [2.05, 4.69) is 4.99 Å². The van der Waals surface area contributed by atoms with Gasteiger partial charge in [-0.15, -0.1) is 0 Å². The molecule has 10 heteroatoms. The fourth-order valence-corrected chi connectivity index (χ4v) is 3.95. The average Bonchev–Trinajstić information content (AvgIpc) is 3.04. The van der Waals surface area contributed by atoms with Crippen molar-refractivity contribution in [3.63, 3.8) is 0 Å². The maximum Gasteiger partial charge on any atom is 0.325 e. The molecule has 1 aromatic heterocycles. The van der Waals surface area contributed by atoms with Crippen LogP contribution in [-0.4, -0.2) is 28.5 Å². The van der Waals surface area contributed by atoms with Crippen LogP contribution in [-0.2, 0) is 20.9 Å². The van der Waals surface area contributed by atoms with Crippen LogP contribution >= 0.6 is 22.9 Å². The van der Waals surface area contributed by atoms with Crippen LogP contribution in [0.2, 0.25) is 5.02 Å². The number of benzene rings is 2. The Bertz CT molecular complexity index is 1210. The third kappa shape index (κ3) is 4.76. The summed E-state index contributed by atoms with van der Waals surface area (Å²) in [6.45, 7) is -0.152. The molecule has 3 rings (SSSR count). The van der Waals surface area contributed by atoms with Crippen LogP contribution in [0.25, 0.3) is 16.3 Å². The summed E-state index contributed by atoms with van der Waals surface area (Å²) >= 11 is 7.47. The molecule has 0 atom stereocenters. The first-order valence-electron chi connectivity index (χ1n) is 8.25. The number of thiazole rings is 1. The van der Waals surface area contributed by atoms with Gasteiger partial charge in [0.1, 0.15) is 6.54 Å². The lowest BCUT2D eigenvalue weighted by Crippen LogP contribution is -2.22. The van der Waals surface area contributed by atoms with Gasteiger partial charge in [0.15, 0.2) is 4.80 Å². The van der Waals surface area contributed by atoms with Crippen molar-refractivity contribution in [2.24, 2.45) is 4.99 Å². The minimum atomic E-state index is -0.585. The number of carbonyl (C=O) groups excluding carboxylic acids is 2. The number of carbonyl (C=O) groups is 2. The summed E-state index contributed by atoms with van der Waals surface area (Å²) < 4.78 is 7.00. The number of nitrogens with zero attached hydrogens (tertiary/aromatic N) is 3. The Kier molecular flexibility index (Phi) is 6.20. The van der Waals surface area contributed by atoms with Gasteiger partial charge in [0.25, 0.3) is 11.6 Å². The molecule has 0 N–H and O–H groups in total. The predicted molar refractivity (Wildman–Crippen MR) is 110 cm³/mol. The zero-order chi connectivity index (χ0) is 21.0. The van der Waals surface area contributed by atoms with Gasteiger partial charge in [-0.25, -0.2) is 0 Å². The quantitative estimate of drug-likeness (QED) is 0.266. The Morgan fingerprint density at radius 1 is 1.31 bits per heavy atom. The number of nitro groups is 1. The molecule has 0 saturated heterocycles. The van der Waals surface area contributed by atoms with E-state index in [4.69, 9.17) is 16.3 Å². The Morgan fingerprint density at radius 2 is 2.07 bits per heavy atom. The lowest BCUT2D eigenvalue weighted by atomic mass is 10.2. The summed E-state index contributed by atoms with van der Waals surface area (Å²) in [4.78, 5) is 38.8. The largest absolute Gasteiger partial charge is 0.468 e. The smallest absolute Gasteiger partial charge is 0.325 e. The number of amides is 1. The molecule has 0 fully saturated rings. The number of rotatable bonds is 5. The van der Waals surface area contributed by atoms with Crippen molar-refractivity contribution >= 4 is 56.8 Å². The summed E-state index contributed by atoms with van der Waals surface area (Å²) in [5.41, 5.74) is 0.995. The monoisotopic (exact) mass is 431 g/mol. The van der Waals surface area contributed by atoms with Crippen LogP contribution in [0.1, 0.15) is 5.56 Å². The van der Waals surface area contributed by atoms with E-state index in [1.807, 2.05) is 6.07 Å². The standard InChI is InChI=1S/C19H14ClN3O5S/c1-28-17(25)11-22-18-14(20)6-3-7-15(18)29-19(22)21-16(24)9-8-12-4-2-5-13(10-12)23(26)27/h2-10H,11H2,1H3. The van der Waals surface area contributed by atoms with Crippen molar-refractivity contribution in [1.82, 2.24) is 4.57 Å². The number of halogens is 1. The first-order valence-corrected chi connectivity index (χ1v) is 9.44. The molecular weight excluding hydrogens is 418 g/mol. The maximum absolute atomic E-state index is 12.3. The maximum atomic E-state index is 12.3. The summed E-state index contributed by atoms with van der Waals surface area (Å²) in [5, 5.41) is 11.3. The van der Waals surface area contributed by atoms with Gasteiger partial charge in [0.05, 0.1) is 27.3 Å². The van der Waals surface area contributed by atoms with Crippen molar-refractivity contribution in [2.75, 3.05) is 7.11 Å². The van der Waals surface area contributed by atoms with Crippen LogP contribution in [0, 0.1) is 10.1 Å². The van der Waals surface area contributed by atoms with E-state index in [1.165, 1.54) is 53.4 Å². The number of para-hydroxylation sites is 1. The first-order chi connectivity index (χ1) is 13.9. The Morgan fingerprint density at radius 3 is 2.79 bits per heavy atom. The third-order valence-electron chi connectivity index (χ3n) is 3.87. The second-order valence-electron chi connectivity index (χ2n) is 5.77. The molecular formula is C19H14ClN3O5S. The topological polar surface area (TPSA) is 104 Å². The minimum Gasteiger partial charge on any atom is -0.468 e. The molecule has 8 nitrogen and oxygen atoms in total. The Hall–Kier alpha value is -3.30.